The Balaban J connectivity index is 2.24. The van der Waals surface area contributed by atoms with Crippen LogP contribution in [0, 0.1) is 0 Å². The van der Waals surface area contributed by atoms with Crippen LogP contribution in [0.25, 0.3) is 0 Å². The number of pyridine rings is 1. The van der Waals surface area contributed by atoms with Crippen LogP contribution in [0.1, 0.15) is 0 Å². The van der Waals surface area contributed by atoms with Gasteiger partial charge in [-0.3, -0.25) is 0 Å². The summed E-state index contributed by atoms with van der Waals surface area (Å²) in [4.78, 5) is 15.9. The fraction of sp³-hybridized carbons (Fsp3) is 0.111. The van der Waals surface area contributed by atoms with Gasteiger partial charge in [0.2, 0.25) is 10.4 Å². The molecule has 82 valence electrons. The lowest BCUT2D eigenvalue weighted by Gasteiger charge is -2.01. The van der Waals surface area contributed by atoms with Gasteiger partial charge in [-0.1, -0.05) is 6.07 Å². The Kier molecular flexibility index (Phi) is 3.53. The Morgan fingerprint density at radius 2 is 2.12 bits per heavy atom. The molecule has 0 amide bonds. The SMILES string of the molecule is COc1nc(Cl)nc(Sc2ccccn2)n1. The molecule has 0 fully saturated rings. The van der Waals surface area contributed by atoms with Gasteiger partial charge in [-0.2, -0.15) is 15.0 Å². The van der Waals surface area contributed by atoms with Crippen LogP contribution in [-0.4, -0.2) is 27.0 Å². The summed E-state index contributed by atoms with van der Waals surface area (Å²) in [6.45, 7) is 0. The van der Waals surface area contributed by atoms with Gasteiger partial charge in [-0.15, -0.1) is 0 Å². The number of halogens is 1. The van der Waals surface area contributed by atoms with Crippen molar-refractivity contribution in [3.8, 4) is 6.01 Å². The van der Waals surface area contributed by atoms with Crippen LogP contribution >= 0.6 is 23.4 Å². The molecule has 0 unspecified atom stereocenters. The molecular formula is C9H7ClN4OS. The van der Waals surface area contributed by atoms with Gasteiger partial charge in [0, 0.05) is 6.20 Å². The lowest BCUT2D eigenvalue weighted by Crippen LogP contribution is -1.96. The molecule has 2 heterocycles. The highest BCUT2D eigenvalue weighted by Gasteiger charge is 2.07. The van der Waals surface area contributed by atoms with Gasteiger partial charge in [0.25, 0.3) is 0 Å². The maximum atomic E-state index is 5.72. The molecule has 0 radical (unpaired) electrons. The van der Waals surface area contributed by atoms with E-state index in [4.69, 9.17) is 16.3 Å². The summed E-state index contributed by atoms with van der Waals surface area (Å²) in [6, 6.07) is 5.77. The average molecular weight is 255 g/mol. The fourth-order valence-electron chi connectivity index (χ4n) is 0.953. The van der Waals surface area contributed by atoms with E-state index < -0.39 is 0 Å². The zero-order chi connectivity index (χ0) is 11.4. The second kappa shape index (κ2) is 5.09. The molecule has 2 aromatic heterocycles. The third kappa shape index (κ3) is 2.80. The first-order valence-corrected chi connectivity index (χ1v) is 5.52. The minimum Gasteiger partial charge on any atom is -0.467 e. The maximum absolute atomic E-state index is 5.72. The van der Waals surface area contributed by atoms with Crippen molar-refractivity contribution >= 4 is 23.4 Å². The lowest BCUT2D eigenvalue weighted by atomic mass is 10.5. The van der Waals surface area contributed by atoms with Gasteiger partial charge in [0.1, 0.15) is 5.03 Å². The first kappa shape index (κ1) is 11.1. The van der Waals surface area contributed by atoms with E-state index >= 15 is 0 Å². The van der Waals surface area contributed by atoms with Crippen molar-refractivity contribution in [2.75, 3.05) is 7.11 Å². The number of rotatable bonds is 3. The summed E-state index contributed by atoms with van der Waals surface area (Å²) in [5.41, 5.74) is 0. The summed E-state index contributed by atoms with van der Waals surface area (Å²) in [5, 5.41) is 1.34. The zero-order valence-electron chi connectivity index (χ0n) is 8.29. The predicted molar refractivity (Wildman–Crippen MR) is 59.7 cm³/mol. The molecule has 7 heteroatoms. The van der Waals surface area contributed by atoms with Crippen molar-refractivity contribution in [3.05, 3.63) is 29.7 Å². The van der Waals surface area contributed by atoms with Gasteiger partial charge in [0.05, 0.1) is 7.11 Å². The van der Waals surface area contributed by atoms with E-state index in [0.717, 1.165) is 5.03 Å². The molecule has 5 nitrogen and oxygen atoms in total. The molecule has 0 atom stereocenters. The number of nitrogens with zero attached hydrogens (tertiary/aromatic N) is 4. The van der Waals surface area contributed by atoms with Crippen LogP contribution in [0.2, 0.25) is 5.28 Å². The van der Waals surface area contributed by atoms with Crippen LogP contribution in [0.3, 0.4) is 0 Å². The van der Waals surface area contributed by atoms with Crippen LogP contribution < -0.4 is 4.74 Å². The number of methoxy groups -OCH3 is 1. The standard InChI is InChI=1S/C9H7ClN4OS/c1-15-8-12-7(10)13-9(14-8)16-6-4-2-3-5-11-6/h2-5H,1H3. The van der Waals surface area contributed by atoms with E-state index in [1.165, 1.54) is 18.9 Å². The van der Waals surface area contributed by atoms with E-state index in [-0.39, 0.29) is 11.3 Å². The summed E-state index contributed by atoms with van der Waals surface area (Å²) in [5.74, 6) is 0. The van der Waals surface area contributed by atoms with Crippen LogP contribution in [-0.2, 0) is 0 Å². The summed E-state index contributed by atoms with van der Waals surface area (Å²) >= 11 is 7.01. The zero-order valence-corrected chi connectivity index (χ0v) is 9.87. The lowest BCUT2D eigenvalue weighted by molar-refractivity contribution is 0.373. The molecular weight excluding hydrogens is 248 g/mol. The molecule has 0 N–H and O–H groups in total. The highest BCUT2D eigenvalue weighted by atomic mass is 35.5. The Hall–Kier alpha value is -1.40. The number of hydrogen-bond donors (Lipinski definition) is 0. The van der Waals surface area contributed by atoms with E-state index in [2.05, 4.69) is 19.9 Å². The van der Waals surface area contributed by atoms with Crippen molar-refractivity contribution in [1.82, 2.24) is 19.9 Å². The Morgan fingerprint density at radius 3 is 2.81 bits per heavy atom. The Morgan fingerprint density at radius 1 is 1.25 bits per heavy atom. The highest BCUT2D eigenvalue weighted by Crippen LogP contribution is 2.23. The normalized spacial score (nSPS) is 10.1. The number of aromatic nitrogens is 4. The molecule has 16 heavy (non-hydrogen) atoms. The van der Waals surface area contributed by atoms with Crippen LogP contribution in [0.4, 0.5) is 0 Å². The molecule has 2 rings (SSSR count). The van der Waals surface area contributed by atoms with E-state index in [9.17, 15) is 0 Å². The van der Waals surface area contributed by atoms with Crippen molar-refractivity contribution in [2.45, 2.75) is 10.2 Å². The molecule has 0 saturated carbocycles. The Bertz CT molecular complexity index is 482. The minimum atomic E-state index is 0.102. The van der Waals surface area contributed by atoms with Crippen LogP contribution in [0.5, 0.6) is 6.01 Å². The molecule has 0 aliphatic heterocycles. The molecule has 0 spiro atoms. The van der Waals surface area contributed by atoms with Gasteiger partial charge in [-0.05, 0) is 35.5 Å². The van der Waals surface area contributed by atoms with E-state index in [1.807, 2.05) is 18.2 Å². The molecule has 0 aliphatic carbocycles. The van der Waals surface area contributed by atoms with Crippen LogP contribution in [0.15, 0.2) is 34.6 Å². The third-order valence-corrected chi connectivity index (χ3v) is 2.57. The van der Waals surface area contributed by atoms with Crippen molar-refractivity contribution in [2.24, 2.45) is 0 Å². The van der Waals surface area contributed by atoms with Crippen molar-refractivity contribution < 1.29 is 4.74 Å². The smallest absolute Gasteiger partial charge is 0.321 e. The molecule has 0 bridgehead atoms. The van der Waals surface area contributed by atoms with Gasteiger partial charge in [0.15, 0.2) is 0 Å². The maximum Gasteiger partial charge on any atom is 0.321 e. The van der Waals surface area contributed by atoms with Crippen molar-refractivity contribution in [3.63, 3.8) is 0 Å². The summed E-state index contributed by atoms with van der Waals surface area (Å²) < 4.78 is 4.89. The largest absolute Gasteiger partial charge is 0.467 e. The summed E-state index contributed by atoms with van der Waals surface area (Å²) in [7, 11) is 1.47. The number of hydrogen-bond acceptors (Lipinski definition) is 6. The van der Waals surface area contributed by atoms with Gasteiger partial charge < -0.3 is 4.74 Å². The third-order valence-electron chi connectivity index (χ3n) is 1.58. The molecule has 2 aromatic rings. The molecule has 0 aromatic carbocycles. The second-order valence-electron chi connectivity index (χ2n) is 2.64. The predicted octanol–water partition coefficient (Wildman–Crippen LogP) is 2.08. The highest BCUT2D eigenvalue weighted by molar-refractivity contribution is 7.99. The molecule has 0 saturated heterocycles. The topological polar surface area (TPSA) is 60.8 Å². The van der Waals surface area contributed by atoms with E-state index in [1.54, 1.807) is 6.20 Å². The van der Waals surface area contributed by atoms with E-state index in [0.29, 0.717) is 5.16 Å². The van der Waals surface area contributed by atoms with Gasteiger partial charge in [-0.25, -0.2) is 4.98 Å². The first-order chi connectivity index (χ1) is 7.78. The Labute approximate surface area is 101 Å². The number of ether oxygens (including phenoxy) is 1. The molecule has 0 aliphatic rings. The fourth-order valence-corrected chi connectivity index (χ4v) is 1.86. The van der Waals surface area contributed by atoms with Crippen molar-refractivity contribution in [1.29, 1.82) is 0 Å². The van der Waals surface area contributed by atoms with Gasteiger partial charge >= 0.3 is 6.01 Å². The average Bonchev–Trinajstić information content (AvgIpc) is 2.29. The minimum absolute atomic E-state index is 0.102. The monoisotopic (exact) mass is 254 g/mol. The second-order valence-corrected chi connectivity index (χ2v) is 3.97. The first-order valence-electron chi connectivity index (χ1n) is 4.32. The quantitative estimate of drug-likeness (QED) is 0.836. The summed E-state index contributed by atoms with van der Waals surface area (Å²) in [6.07, 6.45) is 1.70.